The third-order valence-electron chi connectivity index (χ3n) is 3.99. The van der Waals surface area contributed by atoms with Gasteiger partial charge >= 0.3 is 0 Å². The second-order valence-corrected chi connectivity index (χ2v) is 5.45. The number of hydrogen-bond acceptors (Lipinski definition) is 3. The minimum absolute atomic E-state index is 0.134. The summed E-state index contributed by atoms with van der Waals surface area (Å²) < 4.78 is 10.7. The average molecular weight is 288 g/mol. The monoisotopic (exact) mass is 288 g/mol. The molecule has 3 heteroatoms. The molecule has 1 aliphatic carbocycles. The first-order valence-electron chi connectivity index (χ1n) is 7.67. The molecule has 0 saturated carbocycles. The number of ketones is 1. The molecule has 1 unspecified atom stereocenters. The van der Waals surface area contributed by atoms with E-state index in [1.165, 1.54) is 19.3 Å². The summed E-state index contributed by atoms with van der Waals surface area (Å²) in [5.74, 6) is 1.73. The molecular weight excluding hydrogens is 264 g/mol. The van der Waals surface area contributed by atoms with Crippen LogP contribution in [0.1, 0.15) is 60.9 Å². The maximum atomic E-state index is 12.2. The highest BCUT2D eigenvalue weighted by molar-refractivity contribution is 6.03. The van der Waals surface area contributed by atoms with Crippen LogP contribution in [0.2, 0.25) is 0 Å². The van der Waals surface area contributed by atoms with Gasteiger partial charge in [-0.3, -0.25) is 4.79 Å². The Hall–Kier alpha value is -1.77. The van der Waals surface area contributed by atoms with E-state index in [0.29, 0.717) is 12.2 Å². The van der Waals surface area contributed by atoms with Crippen LogP contribution in [0.4, 0.5) is 0 Å². The van der Waals surface area contributed by atoms with Gasteiger partial charge in [-0.2, -0.15) is 0 Å². The van der Waals surface area contributed by atoms with Crippen LogP contribution in [0.15, 0.2) is 24.3 Å². The van der Waals surface area contributed by atoms with Gasteiger partial charge in [-0.05, 0) is 18.9 Å². The van der Waals surface area contributed by atoms with Gasteiger partial charge in [0.2, 0.25) is 0 Å². The van der Waals surface area contributed by atoms with Crippen LogP contribution in [-0.4, -0.2) is 20.0 Å². The maximum Gasteiger partial charge on any atom is 0.164 e. The second kappa shape index (κ2) is 7.30. The van der Waals surface area contributed by atoms with Gasteiger partial charge in [-0.1, -0.05) is 31.9 Å². The molecule has 1 atom stereocenters. The highest BCUT2D eigenvalue weighted by Crippen LogP contribution is 2.42. The Kier molecular flexibility index (Phi) is 5.43. The van der Waals surface area contributed by atoms with Crippen molar-refractivity contribution in [2.24, 2.45) is 0 Å². The number of benzene rings is 1. The SMILES string of the molecule is CCCCC/C=C/C1CC(=O)c2cc(OC)cc(OC)c21. The zero-order chi connectivity index (χ0) is 15.2. The molecule has 1 aliphatic rings. The largest absolute Gasteiger partial charge is 0.497 e. The number of ether oxygens (including phenoxy) is 2. The van der Waals surface area contributed by atoms with E-state index in [-0.39, 0.29) is 11.7 Å². The van der Waals surface area contributed by atoms with Crippen LogP contribution in [0.5, 0.6) is 11.5 Å². The van der Waals surface area contributed by atoms with Crippen molar-refractivity contribution in [3.05, 3.63) is 35.4 Å². The fraction of sp³-hybridized carbons (Fsp3) is 0.500. The van der Waals surface area contributed by atoms with Gasteiger partial charge in [0, 0.05) is 29.5 Å². The first-order valence-corrected chi connectivity index (χ1v) is 7.67. The zero-order valence-corrected chi connectivity index (χ0v) is 13.1. The Bertz CT molecular complexity index is 532. The van der Waals surface area contributed by atoms with Crippen molar-refractivity contribution in [1.29, 1.82) is 0 Å². The second-order valence-electron chi connectivity index (χ2n) is 5.45. The first kappa shape index (κ1) is 15.6. The van der Waals surface area contributed by atoms with Gasteiger partial charge in [0.15, 0.2) is 5.78 Å². The summed E-state index contributed by atoms with van der Waals surface area (Å²) in [6.07, 6.45) is 9.66. The van der Waals surface area contributed by atoms with E-state index in [1.807, 2.05) is 12.1 Å². The van der Waals surface area contributed by atoms with Gasteiger partial charge in [0.05, 0.1) is 14.2 Å². The van der Waals surface area contributed by atoms with Gasteiger partial charge in [0.1, 0.15) is 11.5 Å². The standard InChI is InChI=1S/C18H24O3/c1-4-5-6-7-8-9-13-10-16(19)15-11-14(20-2)12-17(21-3)18(13)15/h8-9,11-13H,4-7,10H2,1-3H3/b9-8+. The quantitative estimate of drug-likeness (QED) is 0.547. The molecule has 0 aromatic heterocycles. The normalized spacial score (nSPS) is 17.3. The van der Waals surface area contributed by atoms with Crippen LogP contribution in [0, 0.1) is 0 Å². The lowest BCUT2D eigenvalue weighted by Gasteiger charge is -2.12. The molecule has 0 radical (unpaired) electrons. The van der Waals surface area contributed by atoms with Gasteiger partial charge in [0.25, 0.3) is 0 Å². The summed E-state index contributed by atoms with van der Waals surface area (Å²) >= 11 is 0. The smallest absolute Gasteiger partial charge is 0.164 e. The molecule has 0 aliphatic heterocycles. The van der Waals surface area contributed by atoms with Crippen molar-refractivity contribution < 1.29 is 14.3 Å². The summed E-state index contributed by atoms with van der Waals surface area (Å²) in [6.45, 7) is 2.20. The topological polar surface area (TPSA) is 35.5 Å². The molecule has 0 heterocycles. The van der Waals surface area contributed by atoms with Crippen molar-refractivity contribution in [2.45, 2.75) is 44.9 Å². The molecule has 0 bridgehead atoms. The van der Waals surface area contributed by atoms with E-state index in [1.54, 1.807) is 14.2 Å². The Morgan fingerprint density at radius 3 is 2.71 bits per heavy atom. The highest BCUT2D eigenvalue weighted by Gasteiger charge is 2.31. The third kappa shape index (κ3) is 3.46. The average Bonchev–Trinajstić information content (AvgIpc) is 2.82. The summed E-state index contributed by atoms with van der Waals surface area (Å²) in [5, 5.41) is 0. The Balaban J connectivity index is 2.21. The van der Waals surface area contributed by atoms with E-state index < -0.39 is 0 Å². The molecular formula is C18H24O3. The van der Waals surface area contributed by atoms with E-state index in [0.717, 1.165) is 23.3 Å². The fourth-order valence-corrected chi connectivity index (χ4v) is 2.85. The van der Waals surface area contributed by atoms with Gasteiger partial charge in [-0.25, -0.2) is 0 Å². The predicted octanol–water partition coefficient (Wildman–Crippen LogP) is 4.51. The number of carbonyl (C=O) groups is 1. The lowest BCUT2D eigenvalue weighted by atomic mass is 9.98. The number of carbonyl (C=O) groups excluding carboxylic acids is 1. The summed E-state index contributed by atoms with van der Waals surface area (Å²) in [5.41, 5.74) is 1.75. The molecule has 1 aromatic rings. The van der Waals surface area contributed by atoms with Crippen molar-refractivity contribution in [2.75, 3.05) is 14.2 Å². The number of rotatable bonds is 7. The summed E-state index contributed by atoms with van der Waals surface area (Å²) in [4.78, 5) is 12.2. The first-order chi connectivity index (χ1) is 10.2. The van der Waals surface area contributed by atoms with Crippen LogP contribution in [-0.2, 0) is 0 Å². The minimum Gasteiger partial charge on any atom is -0.497 e. The molecule has 114 valence electrons. The third-order valence-corrected chi connectivity index (χ3v) is 3.99. The molecule has 0 fully saturated rings. The predicted molar refractivity (Wildman–Crippen MR) is 84.5 cm³/mol. The molecule has 1 aromatic carbocycles. The van der Waals surface area contributed by atoms with Crippen molar-refractivity contribution in [3.8, 4) is 11.5 Å². The Morgan fingerprint density at radius 2 is 2.05 bits per heavy atom. The minimum atomic E-state index is 0.134. The lowest BCUT2D eigenvalue weighted by Crippen LogP contribution is -1.97. The lowest BCUT2D eigenvalue weighted by molar-refractivity contribution is 0.0991. The number of allylic oxidation sites excluding steroid dienone is 2. The van der Waals surface area contributed by atoms with Gasteiger partial charge < -0.3 is 9.47 Å². The molecule has 0 saturated heterocycles. The Morgan fingerprint density at radius 1 is 1.24 bits per heavy atom. The van der Waals surface area contributed by atoms with Crippen LogP contribution < -0.4 is 9.47 Å². The number of methoxy groups -OCH3 is 2. The molecule has 0 amide bonds. The van der Waals surface area contributed by atoms with E-state index in [4.69, 9.17) is 9.47 Å². The van der Waals surface area contributed by atoms with Crippen molar-refractivity contribution in [3.63, 3.8) is 0 Å². The number of Topliss-reactive ketones (excluding diaryl/α,β-unsaturated/α-hetero) is 1. The molecule has 21 heavy (non-hydrogen) atoms. The zero-order valence-electron chi connectivity index (χ0n) is 13.1. The fourth-order valence-electron chi connectivity index (χ4n) is 2.85. The maximum absolute atomic E-state index is 12.2. The van der Waals surface area contributed by atoms with Crippen LogP contribution in [0.25, 0.3) is 0 Å². The van der Waals surface area contributed by atoms with Crippen LogP contribution in [0.3, 0.4) is 0 Å². The van der Waals surface area contributed by atoms with Crippen molar-refractivity contribution in [1.82, 2.24) is 0 Å². The van der Waals surface area contributed by atoms with Crippen LogP contribution >= 0.6 is 0 Å². The van der Waals surface area contributed by atoms with E-state index in [2.05, 4.69) is 19.1 Å². The summed E-state index contributed by atoms with van der Waals surface area (Å²) in [7, 11) is 3.24. The molecule has 2 rings (SSSR count). The van der Waals surface area contributed by atoms with Crippen molar-refractivity contribution >= 4 is 5.78 Å². The van der Waals surface area contributed by atoms with E-state index >= 15 is 0 Å². The number of unbranched alkanes of at least 4 members (excludes halogenated alkanes) is 3. The highest BCUT2D eigenvalue weighted by atomic mass is 16.5. The number of hydrogen-bond donors (Lipinski definition) is 0. The number of fused-ring (bicyclic) bond motifs is 1. The van der Waals surface area contributed by atoms with Gasteiger partial charge in [-0.15, -0.1) is 0 Å². The molecule has 3 nitrogen and oxygen atoms in total. The molecule has 0 spiro atoms. The summed E-state index contributed by atoms with van der Waals surface area (Å²) in [6, 6.07) is 3.68. The molecule has 0 N–H and O–H groups in total. The Labute approximate surface area is 127 Å². The van der Waals surface area contributed by atoms with E-state index in [9.17, 15) is 4.79 Å².